The Labute approximate surface area is 214 Å². The summed E-state index contributed by atoms with van der Waals surface area (Å²) in [5, 5.41) is 0. The Morgan fingerprint density at radius 2 is 1.72 bits per heavy atom. The number of carbonyl (C=O) groups is 3. The third-order valence-electron chi connectivity index (χ3n) is 9.63. The smallest absolute Gasteiger partial charge is 0.321 e. The van der Waals surface area contributed by atoms with Gasteiger partial charge < -0.3 is 20.4 Å². The van der Waals surface area contributed by atoms with Gasteiger partial charge in [0.1, 0.15) is 12.6 Å². The van der Waals surface area contributed by atoms with Crippen LogP contribution in [0, 0.1) is 5.92 Å². The molecule has 1 spiro atoms. The van der Waals surface area contributed by atoms with Crippen molar-refractivity contribution in [1.82, 2.24) is 19.6 Å². The van der Waals surface area contributed by atoms with Crippen LogP contribution in [0.4, 0.5) is 4.79 Å². The van der Waals surface area contributed by atoms with Gasteiger partial charge in [-0.15, -0.1) is 0 Å². The summed E-state index contributed by atoms with van der Waals surface area (Å²) in [6.45, 7) is 1.94. The van der Waals surface area contributed by atoms with Crippen LogP contribution in [0.2, 0.25) is 0 Å². The Balaban J connectivity index is 1.36. The van der Waals surface area contributed by atoms with Crippen molar-refractivity contribution in [3.05, 3.63) is 35.9 Å². The van der Waals surface area contributed by atoms with Crippen molar-refractivity contribution in [3.63, 3.8) is 0 Å². The Hall–Kier alpha value is -2.61. The maximum Gasteiger partial charge on any atom is 0.321 e. The number of hydrogen-bond acceptors (Lipinski definition) is 4. The number of nitrogens with zero attached hydrogens (tertiary/aromatic N) is 4. The van der Waals surface area contributed by atoms with E-state index in [1.54, 1.807) is 9.80 Å². The molecule has 1 atom stereocenters. The van der Waals surface area contributed by atoms with Gasteiger partial charge in [-0.3, -0.25) is 14.5 Å². The highest BCUT2D eigenvalue weighted by molar-refractivity contribution is 5.90. The first kappa shape index (κ1) is 25.1. The van der Waals surface area contributed by atoms with Crippen LogP contribution < -0.4 is 5.73 Å². The van der Waals surface area contributed by atoms with Crippen LogP contribution in [0.25, 0.3) is 0 Å². The highest BCUT2D eigenvalue weighted by atomic mass is 16.2. The number of carbonyl (C=O) groups excluding carboxylic acids is 3. The summed E-state index contributed by atoms with van der Waals surface area (Å²) in [4.78, 5) is 46.6. The normalized spacial score (nSPS) is 30.9. The van der Waals surface area contributed by atoms with Gasteiger partial charge in [-0.1, -0.05) is 36.8 Å². The van der Waals surface area contributed by atoms with Gasteiger partial charge in [0.25, 0.3) is 0 Å². The van der Waals surface area contributed by atoms with E-state index in [1.165, 1.54) is 24.8 Å². The molecule has 0 unspecified atom stereocenters. The van der Waals surface area contributed by atoms with Crippen LogP contribution in [0.5, 0.6) is 0 Å². The SMILES string of the molecule is CN(C)[C@]1(c2ccccc2)CC[C@]2(CC1)CN(CC(=O)N1CCC[C@H]1C(N)=O)C(=O)N2CC1CCC1. The lowest BCUT2D eigenvalue weighted by Crippen LogP contribution is -2.56. The van der Waals surface area contributed by atoms with Gasteiger partial charge in [0.15, 0.2) is 0 Å². The lowest BCUT2D eigenvalue weighted by molar-refractivity contribution is -0.137. The Bertz CT molecular complexity index is 984. The highest BCUT2D eigenvalue weighted by Crippen LogP contribution is 2.49. The fraction of sp³-hybridized carbons (Fsp3) is 0.679. The van der Waals surface area contributed by atoms with Crippen molar-refractivity contribution in [3.8, 4) is 0 Å². The van der Waals surface area contributed by atoms with E-state index in [0.717, 1.165) is 38.6 Å². The zero-order valence-corrected chi connectivity index (χ0v) is 21.8. The van der Waals surface area contributed by atoms with E-state index in [4.69, 9.17) is 5.73 Å². The van der Waals surface area contributed by atoms with E-state index in [1.807, 2.05) is 0 Å². The molecule has 2 heterocycles. The minimum Gasteiger partial charge on any atom is -0.368 e. The van der Waals surface area contributed by atoms with Crippen LogP contribution >= 0.6 is 0 Å². The summed E-state index contributed by atoms with van der Waals surface area (Å²) in [5.74, 6) is -0.0492. The summed E-state index contributed by atoms with van der Waals surface area (Å²) in [5.41, 5.74) is 6.58. The standard InChI is InChI=1S/C28H41N5O3/c1-30(2)28(22-10-4-3-5-11-22)15-13-27(14-16-28)20-31(26(36)33(27)18-21-8-6-9-21)19-24(34)32-17-7-12-23(32)25(29)35/h3-5,10-11,21,23H,6-9,12-20H2,1-2H3,(H2,29,35)/t23-,27-,28+/m0/s1. The number of amides is 4. The third-order valence-corrected chi connectivity index (χ3v) is 9.63. The molecule has 8 heteroatoms. The van der Waals surface area contributed by atoms with Gasteiger partial charge in [-0.05, 0) is 76.9 Å². The van der Waals surface area contributed by atoms with Gasteiger partial charge in [0.05, 0.1) is 5.54 Å². The van der Waals surface area contributed by atoms with Crippen molar-refractivity contribution in [2.75, 3.05) is 40.3 Å². The van der Waals surface area contributed by atoms with E-state index in [0.29, 0.717) is 25.4 Å². The van der Waals surface area contributed by atoms with Crippen LogP contribution in [0.1, 0.15) is 63.4 Å². The second kappa shape index (κ2) is 9.69. The van der Waals surface area contributed by atoms with Crippen LogP contribution in [0.3, 0.4) is 0 Å². The van der Waals surface area contributed by atoms with E-state index < -0.39 is 11.9 Å². The molecule has 0 radical (unpaired) electrons. The summed E-state index contributed by atoms with van der Waals surface area (Å²) in [6.07, 6.45) is 8.75. The van der Waals surface area contributed by atoms with E-state index >= 15 is 0 Å². The maximum atomic E-state index is 13.8. The fourth-order valence-electron chi connectivity index (χ4n) is 7.13. The Kier molecular flexibility index (Phi) is 6.74. The molecule has 36 heavy (non-hydrogen) atoms. The Morgan fingerprint density at radius 3 is 2.31 bits per heavy atom. The third kappa shape index (κ3) is 4.27. The van der Waals surface area contributed by atoms with E-state index in [2.05, 4.69) is 54.2 Å². The molecule has 2 aliphatic heterocycles. The van der Waals surface area contributed by atoms with Crippen molar-refractivity contribution >= 4 is 17.8 Å². The monoisotopic (exact) mass is 495 g/mol. The van der Waals surface area contributed by atoms with Crippen molar-refractivity contribution in [2.24, 2.45) is 11.7 Å². The molecule has 2 aliphatic carbocycles. The van der Waals surface area contributed by atoms with Gasteiger partial charge in [-0.2, -0.15) is 0 Å². The first-order chi connectivity index (χ1) is 17.3. The summed E-state index contributed by atoms with van der Waals surface area (Å²) >= 11 is 0. The molecule has 5 rings (SSSR count). The largest absolute Gasteiger partial charge is 0.368 e. The minimum atomic E-state index is -0.545. The number of benzene rings is 1. The second-order valence-corrected chi connectivity index (χ2v) is 11.7. The predicted molar refractivity (Wildman–Crippen MR) is 138 cm³/mol. The summed E-state index contributed by atoms with van der Waals surface area (Å²) in [6, 6.07) is 10.2. The number of primary amides is 1. The van der Waals surface area contributed by atoms with Crippen molar-refractivity contribution in [1.29, 1.82) is 0 Å². The van der Waals surface area contributed by atoms with Gasteiger partial charge in [0, 0.05) is 25.2 Å². The van der Waals surface area contributed by atoms with Crippen molar-refractivity contribution < 1.29 is 14.4 Å². The molecular weight excluding hydrogens is 454 g/mol. The minimum absolute atomic E-state index is 0.0119. The maximum absolute atomic E-state index is 13.8. The van der Waals surface area contributed by atoms with Crippen molar-refractivity contribution in [2.45, 2.75) is 74.9 Å². The number of nitrogens with two attached hydrogens (primary N) is 1. The zero-order valence-electron chi connectivity index (χ0n) is 21.8. The molecule has 1 aromatic rings. The Morgan fingerprint density at radius 1 is 1.03 bits per heavy atom. The molecule has 0 aromatic heterocycles. The molecule has 2 saturated heterocycles. The average Bonchev–Trinajstić information content (AvgIpc) is 3.42. The van der Waals surface area contributed by atoms with Crippen LogP contribution in [-0.4, -0.2) is 89.3 Å². The number of likely N-dealkylation sites (tertiary alicyclic amines) is 1. The first-order valence-electron chi connectivity index (χ1n) is 13.6. The second-order valence-electron chi connectivity index (χ2n) is 11.7. The lowest BCUT2D eigenvalue weighted by atomic mass is 9.68. The molecule has 196 valence electrons. The van der Waals surface area contributed by atoms with Crippen LogP contribution in [0.15, 0.2) is 30.3 Å². The molecule has 0 bridgehead atoms. The quantitative estimate of drug-likeness (QED) is 0.630. The molecule has 2 N–H and O–H groups in total. The van der Waals surface area contributed by atoms with Gasteiger partial charge in [0.2, 0.25) is 11.8 Å². The van der Waals surface area contributed by atoms with Gasteiger partial charge >= 0.3 is 6.03 Å². The molecule has 4 amide bonds. The van der Waals surface area contributed by atoms with E-state index in [9.17, 15) is 14.4 Å². The lowest BCUT2D eigenvalue weighted by Gasteiger charge is -2.51. The molecule has 8 nitrogen and oxygen atoms in total. The highest BCUT2D eigenvalue weighted by Gasteiger charge is 2.55. The zero-order chi connectivity index (χ0) is 25.5. The van der Waals surface area contributed by atoms with Gasteiger partial charge in [-0.25, -0.2) is 4.79 Å². The van der Waals surface area contributed by atoms with Crippen LogP contribution in [-0.2, 0) is 15.1 Å². The summed E-state index contributed by atoms with van der Waals surface area (Å²) in [7, 11) is 4.32. The topological polar surface area (TPSA) is 90.2 Å². The number of rotatable bonds is 7. The fourth-order valence-corrected chi connectivity index (χ4v) is 7.13. The molecule has 2 saturated carbocycles. The molecular formula is C28H41N5O3. The van der Waals surface area contributed by atoms with E-state index in [-0.39, 0.29) is 29.6 Å². The molecule has 4 aliphatic rings. The number of urea groups is 1. The molecule has 4 fully saturated rings. The molecule has 1 aromatic carbocycles. The number of hydrogen-bond donors (Lipinski definition) is 1. The first-order valence-corrected chi connectivity index (χ1v) is 13.6. The predicted octanol–water partition coefficient (Wildman–Crippen LogP) is 2.77. The summed E-state index contributed by atoms with van der Waals surface area (Å²) < 4.78 is 0. The average molecular weight is 496 g/mol.